The Kier molecular flexibility index (Phi) is 4.75. The van der Waals surface area contributed by atoms with Crippen molar-refractivity contribution < 1.29 is 0 Å². The fourth-order valence-corrected chi connectivity index (χ4v) is 6.31. The van der Waals surface area contributed by atoms with Gasteiger partial charge in [0.25, 0.3) is 0 Å². The van der Waals surface area contributed by atoms with Crippen molar-refractivity contribution in [3.63, 3.8) is 0 Å². The quantitative estimate of drug-likeness (QED) is 0.602. The van der Waals surface area contributed by atoms with E-state index in [1.54, 1.807) is 0 Å². The molecule has 0 unspecified atom stereocenters. The minimum Gasteiger partial charge on any atom is -0.0888 e. The first-order valence-electron chi connectivity index (χ1n) is 6.98. The first-order chi connectivity index (χ1) is 10.3. The molecule has 0 spiro atoms. The van der Waals surface area contributed by atoms with Gasteiger partial charge in [-0.2, -0.15) is 0 Å². The first kappa shape index (κ1) is 14.4. The van der Waals surface area contributed by atoms with E-state index >= 15 is 0 Å². The largest absolute Gasteiger partial charge is 0.0888 e. The van der Waals surface area contributed by atoms with Gasteiger partial charge in [-0.15, -0.1) is 0 Å². The Bertz CT molecular complexity index is 638. The van der Waals surface area contributed by atoms with Crippen LogP contribution in [0, 0.1) is 6.92 Å². The van der Waals surface area contributed by atoms with Crippen molar-refractivity contribution in [3.05, 3.63) is 90.5 Å². The van der Waals surface area contributed by atoms with E-state index in [4.69, 9.17) is 0 Å². The van der Waals surface area contributed by atoms with E-state index in [0.29, 0.717) is 0 Å². The van der Waals surface area contributed by atoms with E-state index in [1.807, 2.05) is 11.4 Å². The Hall–Kier alpha value is -1.56. The van der Waals surface area contributed by atoms with Crippen molar-refractivity contribution in [2.45, 2.75) is 11.8 Å². The number of hydrogen-bond acceptors (Lipinski definition) is 1. The van der Waals surface area contributed by atoms with Gasteiger partial charge in [-0.25, -0.2) is 0 Å². The van der Waals surface area contributed by atoms with Gasteiger partial charge in [-0.1, -0.05) is 89.7 Å². The fraction of sp³-hybridized carbons (Fsp3) is 0.0526. The average molecular weight is 308 g/mol. The molecule has 0 saturated carbocycles. The Labute approximate surface area is 131 Å². The maximum Gasteiger partial charge on any atom is 0.0207 e. The Morgan fingerprint density at radius 3 is 1.57 bits per heavy atom. The lowest BCUT2D eigenvalue weighted by atomic mass is 10.2. The van der Waals surface area contributed by atoms with Crippen molar-refractivity contribution in [1.82, 2.24) is 0 Å². The fourth-order valence-electron chi connectivity index (χ4n) is 2.09. The van der Waals surface area contributed by atoms with E-state index in [1.165, 1.54) is 21.1 Å². The van der Waals surface area contributed by atoms with Gasteiger partial charge in [-0.05, 0) is 29.7 Å². The maximum absolute atomic E-state index is 2.24. The van der Waals surface area contributed by atoms with Crippen LogP contribution in [0.2, 0.25) is 0 Å². The van der Waals surface area contributed by atoms with E-state index in [2.05, 4.69) is 91.9 Å². The third kappa shape index (κ3) is 3.75. The molecule has 0 radical (unpaired) electrons. The second-order valence-corrected chi connectivity index (χ2v) is 8.79. The van der Waals surface area contributed by atoms with Crippen LogP contribution in [-0.4, -0.2) is 0 Å². The van der Waals surface area contributed by atoms with Crippen LogP contribution < -0.4 is 10.6 Å². The molecule has 2 heteroatoms. The molecule has 0 N–H and O–H groups in total. The van der Waals surface area contributed by atoms with Crippen LogP contribution in [-0.2, 0) is 0 Å². The van der Waals surface area contributed by atoms with Gasteiger partial charge in [0.1, 0.15) is 0 Å². The van der Waals surface area contributed by atoms with Crippen molar-refractivity contribution in [2.24, 2.45) is 0 Å². The molecule has 0 aromatic heterocycles. The summed E-state index contributed by atoms with van der Waals surface area (Å²) in [6.07, 6.45) is 0. The number of rotatable bonds is 4. The minimum absolute atomic E-state index is 0.420. The molecule has 104 valence electrons. The monoisotopic (exact) mass is 308 g/mol. The lowest BCUT2D eigenvalue weighted by Gasteiger charge is -2.17. The maximum atomic E-state index is 2.24. The van der Waals surface area contributed by atoms with Gasteiger partial charge in [-0.3, -0.25) is 0 Å². The highest BCUT2D eigenvalue weighted by Gasteiger charge is 2.15. The topological polar surface area (TPSA) is 0 Å². The van der Waals surface area contributed by atoms with Gasteiger partial charge in [0.2, 0.25) is 0 Å². The molecule has 0 fully saturated rings. The molecule has 0 atom stereocenters. The van der Waals surface area contributed by atoms with E-state index in [0.717, 1.165) is 0 Å². The van der Waals surface area contributed by atoms with Gasteiger partial charge in [0.15, 0.2) is 0 Å². The normalized spacial score (nSPS) is 10.8. The van der Waals surface area contributed by atoms with E-state index < -0.39 is 7.12 Å². The highest BCUT2D eigenvalue weighted by molar-refractivity contribution is 8.60. The predicted octanol–water partition coefficient (Wildman–Crippen LogP) is 5.14. The van der Waals surface area contributed by atoms with Crippen molar-refractivity contribution in [3.8, 4) is 0 Å². The molecule has 3 aromatic carbocycles. The predicted molar refractivity (Wildman–Crippen MR) is 96.1 cm³/mol. The molecule has 0 bridgehead atoms. The molecule has 0 aliphatic heterocycles. The molecule has 0 heterocycles. The molecular weight excluding hydrogens is 291 g/mol. The van der Waals surface area contributed by atoms with Crippen LogP contribution >= 0.6 is 18.5 Å². The second kappa shape index (κ2) is 6.93. The van der Waals surface area contributed by atoms with Crippen molar-refractivity contribution >= 4 is 29.1 Å². The standard InChI is InChI=1S/C19H17PS/c1-16-12-14-19(15-13-16)21-20(17-8-4-2-5-9-17)18-10-6-3-7-11-18/h2-15H,1H3. The number of aryl methyl sites for hydroxylation is 1. The van der Waals surface area contributed by atoms with Crippen LogP contribution in [0.1, 0.15) is 5.56 Å². The molecule has 0 amide bonds. The number of hydrogen-bond donors (Lipinski definition) is 0. The van der Waals surface area contributed by atoms with Crippen LogP contribution in [0.5, 0.6) is 0 Å². The Balaban J connectivity index is 1.95. The van der Waals surface area contributed by atoms with E-state index in [-0.39, 0.29) is 0 Å². The summed E-state index contributed by atoms with van der Waals surface area (Å²) >= 11 is 1.97. The lowest BCUT2D eigenvalue weighted by Crippen LogP contribution is -2.08. The summed E-state index contributed by atoms with van der Waals surface area (Å²) in [4.78, 5) is 1.33. The van der Waals surface area contributed by atoms with E-state index in [9.17, 15) is 0 Å². The zero-order valence-electron chi connectivity index (χ0n) is 11.9. The molecule has 0 saturated heterocycles. The summed E-state index contributed by atoms with van der Waals surface area (Å²) in [6, 6.07) is 30.4. The average Bonchev–Trinajstić information content (AvgIpc) is 2.56. The molecule has 21 heavy (non-hydrogen) atoms. The first-order valence-corrected chi connectivity index (χ1v) is 9.74. The van der Waals surface area contributed by atoms with Crippen LogP contribution in [0.25, 0.3) is 0 Å². The lowest BCUT2D eigenvalue weighted by molar-refractivity contribution is 1.38. The molecule has 3 aromatic rings. The summed E-state index contributed by atoms with van der Waals surface area (Å²) in [7, 11) is -0.420. The Morgan fingerprint density at radius 1 is 0.619 bits per heavy atom. The van der Waals surface area contributed by atoms with Crippen molar-refractivity contribution in [1.29, 1.82) is 0 Å². The Morgan fingerprint density at radius 2 is 1.10 bits per heavy atom. The smallest absolute Gasteiger partial charge is 0.0207 e. The zero-order chi connectivity index (χ0) is 14.5. The molecule has 0 aliphatic rings. The highest BCUT2D eigenvalue weighted by atomic mass is 32.7. The molecular formula is C19H17PS. The summed E-state index contributed by atoms with van der Waals surface area (Å²) in [5.41, 5.74) is 1.31. The third-order valence-corrected chi connectivity index (χ3v) is 7.84. The summed E-state index contributed by atoms with van der Waals surface area (Å²) < 4.78 is 0. The molecule has 3 rings (SSSR count). The summed E-state index contributed by atoms with van der Waals surface area (Å²) in [5.74, 6) is 0. The minimum atomic E-state index is -0.420. The highest BCUT2D eigenvalue weighted by Crippen LogP contribution is 2.51. The number of benzene rings is 3. The van der Waals surface area contributed by atoms with Gasteiger partial charge >= 0.3 is 0 Å². The van der Waals surface area contributed by atoms with Gasteiger partial charge < -0.3 is 0 Å². The van der Waals surface area contributed by atoms with Crippen molar-refractivity contribution in [2.75, 3.05) is 0 Å². The van der Waals surface area contributed by atoms with Crippen LogP contribution in [0.15, 0.2) is 89.8 Å². The van der Waals surface area contributed by atoms with Crippen LogP contribution in [0.3, 0.4) is 0 Å². The third-order valence-electron chi connectivity index (χ3n) is 3.20. The summed E-state index contributed by atoms with van der Waals surface area (Å²) in [5, 5.41) is 2.81. The SMILES string of the molecule is Cc1ccc(SP(c2ccccc2)c2ccccc2)cc1. The summed E-state index contributed by atoms with van der Waals surface area (Å²) in [6.45, 7) is 2.13. The van der Waals surface area contributed by atoms with Crippen LogP contribution in [0.4, 0.5) is 0 Å². The molecule has 0 nitrogen and oxygen atoms in total. The van der Waals surface area contributed by atoms with Gasteiger partial charge in [0.05, 0.1) is 0 Å². The molecule has 0 aliphatic carbocycles. The second-order valence-electron chi connectivity index (χ2n) is 4.87. The zero-order valence-corrected chi connectivity index (χ0v) is 13.6. The van der Waals surface area contributed by atoms with Gasteiger partial charge in [0, 0.05) is 12.0 Å².